The van der Waals surface area contributed by atoms with Crippen LogP contribution in [-0.4, -0.2) is 34.9 Å². The molecule has 2 N–H and O–H groups in total. The largest absolute Gasteiger partial charge is 0.324 e. The fourth-order valence-electron chi connectivity index (χ4n) is 4.29. The minimum absolute atomic E-state index is 0.171. The van der Waals surface area contributed by atoms with Crippen LogP contribution in [0, 0.1) is 6.92 Å². The molecule has 0 aliphatic carbocycles. The van der Waals surface area contributed by atoms with Gasteiger partial charge in [0.2, 0.25) is 5.95 Å². The van der Waals surface area contributed by atoms with E-state index < -0.39 is 0 Å². The molecule has 1 amide bonds. The summed E-state index contributed by atoms with van der Waals surface area (Å²) in [6.07, 6.45) is 0. The van der Waals surface area contributed by atoms with Gasteiger partial charge in [0.25, 0.3) is 5.91 Å². The maximum Gasteiger partial charge on any atom is 0.255 e. The normalized spacial score (nSPS) is 11.1. The molecule has 4 aromatic carbocycles. The number of hydrogen-bond donors (Lipinski definition) is 2. The Balaban J connectivity index is 1.37. The van der Waals surface area contributed by atoms with E-state index in [1.54, 1.807) is 24.3 Å². The van der Waals surface area contributed by atoms with E-state index >= 15 is 0 Å². The van der Waals surface area contributed by atoms with Gasteiger partial charge in [-0.05, 0) is 80.7 Å². The van der Waals surface area contributed by atoms with Gasteiger partial charge in [-0.15, -0.1) is 0 Å². The molecule has 1 heterocycles. The minimum atomic E-state index is -0.171. The summed E-state index contributed by atoms with van der Waals surface area (Å²) in [5.74, 6) is 0.260. The van der Waals surface area contributed by atoms with Crippen LogP contribution in [0.25, 0.3) is 22.2 Å². The van der Waals surface area contributed by atoms with Crippen molar-refractivity contribution in [3.8, 4) is 11.3 Å². The first-order valence-corrected chi connectivity index (χ1v) is 13.2. The van der Waals surface area contributed by atoms with E-state index in [1.165, 1.54) is 0 Å². The summed E-state index contributed by atoms with van der Waals surface area (Å²) >= 11 is 12.4. The Morgan fingerprint density at radius 2 is 1.64 bits per heavy atom. The second-order valence-electron chi connectivity index (χ2n) is 9.59. The maximum absolute atomic E-state index is 13.0. The molecule has 196 valence electrons. The lowest BCUT2D eigenvalue weighted by Gasteiger charge is -2.14. The van der Waals surface area contributed by atoms with Crippen molar-refractivity contribution in [2.45, 2.75) is 13.5 Å². The summed E-state index contributed by atoms with van der Waals surface area (Å²) in [6.45, 7) is 2.78. The highest BCUT2D eigenvalue weighted by molar-refractivity contribution is 6.42. The van der Waals surface area contributed by atoms with E-state index in [-0.39, 0.29) is 5.91 Å². The van der Waals surface area contributed by atoms with E-state index in [2.05, 4.69) is 26.6 Å². The van der Waals surface area contributed by atoms with Crippen molar-refractivity contribution in [2.75, 3.05) is 24.7 Å². The second kappa shape index (κ2) is 11.4. The Hall–Kier alpha value is -3.97. The van der Waals surface area contributed by atoms with Crippen molar-refractivity contribution in [3.05, 3.63) is 112 Å². The fraction of sp³-hybridized carbons (Fsp3) is 0.129. The van der Waals surface area contributed by atoms with Gasteiger partial charge in [-0.1, -0.05) is 59.6 Å². The molecule has 0 aliphatic heterocycles. The third-order valence-corrected chi connectivity index (χ3v) is 6.99. The summed E-state index contributed by atoms with van der Waals surface area (Å²) in [5.41, 5.74) is 6.62. The number of nitrogens with one attached hydrogen (secondary N) is 2. The Morgan fingerprint density at radius 1 is 0.872 bits per heavy atom. The molecule has 0 saturated carbocycles. The summed E-state index contributed by atoms with van der Waals surface area (Å²) in [6, 6.07) is 26.6. The Bertz CT molecular complexity index is 1670. The van der Waals surface area contributed by atoms with Crippen LogP contribution < -0.4 is 10.6 Å². The number of aromatic nitrogens is 2. The molecule has 0 spiro atoms. The standard InChI is InChI=1S/C31H27Cl2N5O/c1-19-8-9-20(18-38(2)3)16-28(19)35-30(39)21-10-13-23(14-11-21)34-31-36-27-7-5-4-6-24(27)29(37-31)22-12-15-25(32)26(33)17-22/h4-17H,18H2,1-3H3,(H,35,39)(H,34,36,37). The SMILES string of the molecule is Cc1ccc(CN(C)C)cc1NC(=O)c1ccc(Nc2nc(-c3ccc(Cl)c(Cl)c3)c3ccccc3n2)cc1. The number of nitrogens with zero attached hydrogens (tertiary/aromatic N) is 3. The van der Waals surface area contributed by atoms with E-state index in [9.17, 15) is 4.79 Å². The first-order chi connectivity index (χ1) is 18.8. The van der Waals surface area contributed by atoms with Crippen LogP contribution in [0.15, 0.2) is 84.9 Å². The van der Waals surface area contributed by atoms with Crippen LogP contribution in [0.1, 0.15) is 21.5 Å². The highest BCUT2D eigenvalue weighted by Gasteiger charge is 2.13. The van der Waals surface area contributed by atoms with E-state index in [4.69, 9.17) is 28.2 Å². The number of carbonyl (C=O) groups excluding carboxylic acids is 1. The van der Waals surface area contributed by atoms with Crippen LogP contribution in [0.3, 0.4) is 0 Å². The molecule has 1 aromatic heterocycles. The number of fused-ring (bicyclic) bond motifs is 1. The first-order valence-electron chi connectivity index (χ1n) is 12.4. The molecule has 0 fully saturated rings. The Morgan fingerprint density at radius 3 is 2.38 bits per heavy atom. The van der Waals surface area contributed by atoms with E-state index in [1.807, 2.05) is 75.6 Å². The molecule has 0 unspecified atom stereocenters. The minimum Gasteiger partial charge on any atom is -0.324 e. The summed E-state index contributed by atoms with van der Waals surface area (Å²) in [4.78, 5) is 24.5. The number of carbonyl (C=O) groups is 1. The highest BCUT2D eigenvalue weighted by atomic mass is 35.5. The third kappa shape index (κ3) is 6.20. The highest BCUT2D eigenvalue weighted by Crippen LogP contribution is 2.32. The average molecular weight is 556 g/mol. The molecule has 6 nitrogen and oxygen atoms in total. The van der Waals surface area contributed by atoms with Crippen molar-refractivity contribution in [2.24, 2.45) is 0 Å². The average Bonchev–Trinajstić information content (AvgIpc) is 2.92. The van der Waals surface area contributed by atoms with Crippen LogP contribution >= 0.6 is 23.2 Å². The Labute approximate surface area is 237 Å². The van der Waals surface area contributed by atoms with Crippen LogP contribution in [-0.2, 0) is 6.54 Å². The Kier molecular flexibility index (Phi) is 7.79. The molecule has 39 heavy (non-hydrogen) atoms. The number of amides is 1. The lowest BCUT2D eigenvalue weighted by Crippen LogP contribution is -2.14. The van der Waals surface area contributed by atoms with Gasteiger partial charge in [0.05, 0.1) is 21.3 Å². The quantitative estimate of drug-likeness (QED) is 0.213. The second-order valence-corrected chi connectivity index (χ2v) is 10.4. The molecule has 0 saturated heterocycles. The molecule has 0 bridgehead atoms. The zero-order valence-electron chi connectivity index (χ0n) is 21.8. The fourth-order valence-corrected chi connectivity index (χ4v) is 4.59. The molecular weight excluding hydrogens is 529 g/mol. The van der Waals surface area contributed by atoms with Gasteiger partial charge in [0.15, 0.2) is 0 Å². The maximum atomic E-state index is 13.0. The monoisotopic (exact) mass is 555 g/mol. The van der Waals surface area contributed by atoms with Gasteiger partial charge >= 0.3 is 0 Å². The molecule has 0 atom stereocenters. The van der Waals surface area contributed by atoms with Gasteiger partial charge in [0, 0.05) is 34.4 Å². The molecule has 5 aromatic rings. The zero-order valence-corrected chi connectivity index (χ0v) is 23.3. The number of benzene rings is 4. The number of hydrogen-bond acceptors (Lipinski definition) is 5. The predicted molar refractivity (Wildman–Crippen MR) is 161 cm³/mol. The molecular formula is C31H27Cl2N5O. The summed E-state index contributed by atoms with van der Waals surface area (Å²) < 4.78 is 0. The smallest absolute Gasteiger partial charge is 0.255 e. The van der Waals surface area contributed by atoms with Crippen molar-refractivity contribution in [1.29, 1.82) is 0 Å². The van der Waals surface area contributed by atoms with Crippen molar-refractivity contribution < 1.29 is 4.79 Å². The van der Waals surface area contributed by atoms with Gasteiger partial charge in [0.1, 0.15) is 0 Å². The van der Waals surface area contributed by atoms with Crippen LogP contribution in [0.5, 0.6) is 0 Å². The summed E-state index contributed by atoms with van der Waals surface area (Å²) in [5, 5.41) is 8.15. The van der Waals surface area contributed by atoms with Gasteiger partial charge in [-0.3, -0.25) is 4.79 Å². The topological polar surface area (TPSA) is 70.2 Å². The zero-order chi connectivity index (χ0) is 27.5. The predicted octanol–water partition coefficient (Wildman–Crippen LogP) is 7.97. The summed E-state index contributed by atoms with van der Waals surface area (Å²) in [7, 11) is 4.04. The number of halogens is 2. The van der Waals surface area contributed by atoms with Crippen molar-refractivity contribution in [1.82, 2.24) is 14.9 Å². The lowest BCUT2D eigenvalue weighted by atomic mass is 10.1. The third-order valence-electron chi connectivity index (χ3n) is 6.25. The van der Waals surface area contributed by atoms with Crippen molar-refractivity contribution in [3.63, 3.8) is 0 Å². The number of para-hydroxylation sites is 1. The number of rotatable bonds is 7. The van der Waals surface area contributed by atoms with Crippen molar-refractivity contribution >= 4 is 57.3 Å². The van der Waals surface area contributed by atoms with E-state index in [0.29, 0.717) is 21.6 Å². The number of aryl methyl sites for hydroxylation is 1. The van der Waals surface area contributed by atoms with Gasteiger partial charge in [-0.25, -0.2) is 9.97 Å². The molecule has 5 rings (SSSR count). The molecule has 8 heteroatoms. The van der Waals surface area contributed by atoms with Gasteiger partial charge < -0.3 is 15.5 Å². The van der Waals surface area contributed by atoms with E-state index in [0.717, 1.165) is 51.2 Å². The molecule has 0 aliphatic rings. The lowest BCUT2D eigenvalue weighted by molar-refractivity contribution is 0.102. The number of anilines is 3. The van der Waals surface area contributed by atoms with Gasteiger partial charge in [-0.2, -0.15) is 0 Å². The van der Waals surface area contributed by atoms with Crippen LogP contribution in [0.2, 0.25) is 10.0 Å². The van der Waals surface area contributed by atoms with Crippen LogP contribution in [0.4, 0.5) is 17.3 Å². The molecule has 0 radical (unpaired) electrons. The first kappa shape index (κ1) is 26.6.